The third-order valence-corrected chi connectivity index (χ3v) is 8.17. The summed E-state index contributed by atoms with van der Waals surface area (Å²) in [7, 11) is -2.44. The highest BCUT2D eigenvalue weighted by atomic mass is 32.2. The summed E-state index contributed by atoms with van der Waals surface area (Å²) < 4.78 is 50.5. The Morgan fingerprint density at radius 2 is 2.03 bits per heavy atom. The van der Waals surface area contributed by atoms with Crippen molar-refractivity contribution in [3.05, 3.63) is 53.7 Å². The maximum Gasteiger partial charge on any atom is 0.265 e. The van der Waals surface area contributed by atoms with Crippen LogP contribution in [-0.4, -0.2) is 46.4 Å². The second-order valence-corrected chi connectivity index (χ2v) is 10.8. The molecule has 0 spiro atoms. The SMILES string of the molecule is Cn1cc(S(=O)(=O)Nc2cccc(-c3nc(C4CCOCC4)sc3-c3ccnc(N)n3)c2F)cn1. The zero-order chi connectivity index (χ0) is 24.6. The average molecular weight is 516 g/mol. The fourth-order valence-corrected chi connectivity index (χ4v) is 6.11. The molecule has 1 fully saturated rings. The van der Waals surface area contributed by atoms with Crippen molar-refractivity contribution >= 4 is 33.0 Å². The maximum absolute atomic E-state index is 15.8. The summed E-state index contributed by atoms with van der Waals surface area (Å²) in [5.74, 6) is -0.476. The topological polar surface area (TPSA) is 138 Å². The van der Waals surface area contributed by atoms with E-state index in [1.54, 1.807) is 25.2 Å². The molecule has 0 radical (unpaired) electrons. The maximum atomic E-state index is 15.8. The highest BCUT2D eigenvalue weighted by molar-refractivity contribution is 7.92. The first-order chi connectivity index (χ1) is 16.8. The number of aryl methyl sites for hydroxylation is 1. The van der Waals surface area contributed by atoms with Gasteiger partial charge in [-0.15, -0.1) is 11.3 Å². The lowest BCUT2D eigenvalue weighted by molar-refractivity contribution is 0.0853. The van der Waals surface area contributed by atoms with Crippen molar-refractivity contribution in [2.45, 2.75) is 23.7 Å². The zero-order valence-corrected chi connectivity index (χ0v) is 20.3. The summed E-state index contributed by atoms with van der Waals surface area (Å²) >= 11 is 1.42. The summed E-state index contributed by atoms with van der Waals surface area (Å²) in [4.78, 5) is 13.6. The lowest BCUT2D eigenvalue weighted by Gasteiger charge is -2.19. The number of nitrogens with zero attached hydrogens (tertiary/aromatic N) is 5. The van der Waals surface area contributed by atoms with Crippen LogP contribution in [0.3, 0.4) is 0 Å². The van der Waals surface area contributed by atoms with Gasteiger partial charge in [-0.05, 0) is 31.0 Å². The Balaban J connectivity index is 1.59. The van der Waals surface area contributed by atoms with Gasteiger partial charge in [0.05, 0.1) is 33.2 Å². The fourth-order valence-electron chi connectivity index (χ4n) is 3.85. The van der Waals surface area contributed by atoms with Crippen LogP contribution in [0.5, 0.6) is 0 Å². The lowest BCUT2D eigenvalue weighted by Crippen LogP contribution is -2.14. The number of nitrogens with one attached hydrogen (secondary N) is 1. The van der Waals surface area contributed by atoms with Crippen molar-refractivity contribution in [3.8, 4) is 21.8 Å². The summed E-state index contributed by atoms with van der Waals surface area (Å²) in [5, 5.41) is 4.72. The van der Waals surface area contributed by atoms with Crippen LogP contribution in [-0.2, 0) is 21.8 Å². The molecule has 0 aliphatic carbocycles. The minimum Gasteiger partial charge on any atom is -0.381 e. The third kappa shape index (κ3) is 4.74. The Morgan fingerprint density at radius 1 is 1.23 bits per heavy atom. The van der Waals surface area contributed by atoms with Crippen LogP contribution >= 0.6 is 11.3 Å². The van der Waals surface area contributed by atoms with Gasteiger partial charge < -0.3 is 10.5 Å². The van der Waals surface area contributed by atoms with E-state index in [0.717, 1.165) is 17.8 Å². The zero-order valence-electron chi connectivity index (χ0n) is 18.7. The van der Waals surface area contributed by atoms with E-state index in [9.17, 15) is 8.42 Å². The van der Waals surface area contributed by atoms with Gasteiger partial charge in [-0.2, -0.15) is 5.10 Å². The van der Waals surface area contributed by atoms with E-state index < -0.39 is 15.8 Å². The molecule has 1 saturated heterocycles. The van der Waals surface area contributed by atoms with Crippen molar-refractivity contribution in [2.24, 2.45) is 7.05 Å². The van der Waals surface area contributed by atoms with Gasteiger partial charge in [0.2, 0.25) is 5.95 Å². The molecule has 10 nitrogen and oxygen atoms in total. The molecule has 0 bridgehead atoms. The standard InChI is InChI=1S/C22H22FN7O3S2/c1-30-12-14(11-26-30)35(31,32)29-16-4-2-3-15(18(16)23)19-20(17-5-8-25-22(24)27-17)34-21(28-19)13-6-9-33-10-7-13/h2-5,8,11-13,29H,6-7,9-10H2,1H3,(H2,24,25,27). The average Bonchev–Trinajstić information content (AvgIpc) is 3.48. The molecule has 1 aliphatic rings. The second-order valence-electron chi connectivity index (χ2n) is 8.04. The number of hydrogen-bond acceptors (Lipinski definition) is 9. The Labute approximate surface area is 205 Å². The number of hydrogen-bond donors (Lipinski definition) is 2. The molecule has 3 N–H and O–H groups in total. The molecule has 0 amide bonds. The lowest BCUT2D eigenvalue weighted by atomic mass is 10.0. The number of rotatable bonds is 6. The van der Waals surface area contributed by atoms with E-state index in [2.05, 4.69) is 19.8 Å². The molecule has 4 heterocycles. The van der Waals surface area contributed by atoms with Gasteiger partial charge in [-0.3, -0.25) is 9.40 Å². The Bertz CT molecular complexity index is 1480. The van der Waals surface area contributed by atoms with E-state index in [-0.39, 0.29) is 28.0 Å². The van der Waals surface area contributed by atoms with Gasteiger partial charge in [-0.25, -0.2) is 27.8 Å². The van der Waals surface area contributed by atoms with Crippen LogP contribution < -0.4 is 10.5 Å². The van der Waals surface area contributed by atoms with Crippen LogP contribution in [0.15, 0.2) is 47.8 Å². The van der Waals surface area contributed by atoms with Gasteiger partial charge in [0, 0.05) is 44.1 Å². The van der Waals surface area contributed by atoms with E-state index in [4.69, 9.17) is 15.5 Å². The van der Waals surface area contributed by atoms with Crippen LogP contribution in [0, 0.1) is 5.82 Å². The monoisotopic (exact) mass is 515 g/mol. The van der Waals surface area contributed by atoms with Crippen LogP contribution in [0.4, 0.5) is 16.0 Å². The quantitative estimate of drug-likeness (QED) is 0.398. The third-order valence-electron chi connectivity index (χ3n) is 5.61. The number of nitrogen functional groups attached to an aromatic ring is 1. The molecular weight excluding hydrogens is 493 g/mol. The number of sulfonamides is 1. The molecular formula is C22H22FN7O3S2. The predicted molar refractivity (Wildman–Crippen MR) is 130 cm³/mol. The van der Waals surface area contributed by atoms with Crippen molar-refractivity contribution in [1.29, 1.82) is 0 Å². The minimum atomic E-state index is -4.04. The molecule has 13 heteroatoms. The molecule has 0 saturated carbocycles. The van der Waals surface area contributed by atoms with E-state index in [0.29, 0.717) is 29.5 Å². The highest BCUT2D eigenvalue weighted by Gasteiger charge is 2.26. The summed E-state index contributed by atoms with van der Waals surface area (Å²) in [5.41, 5.74) is 6.65. The molecule has 0 unspecified atom stereocenters. The number of nitrogens with two attached hydrogens (primary N) is 1. The first kappa shape index (κ1) is 23.3. The molecule has 35 heavy (non-hydrogen) atoms. The molecule has 3 aromatic heterocycles. The summed E-state index contributed by atoms with van der Waals surface area (Å²) in [6.45, 7) is 1.27. The minimum absolute atomic E-state index is 0.0718. The van der Waals surface area contributed by atoms with Crippen LogP contribution in [0.2, 0.25) is 0 Å². The van der Waals surface area contributed by atoms with Crippen molar-refractivity contribution in [3.63, 3.8) is 0 Å². The number of ether oxygens (including phenoxy) is 1. The van der Waals surface area contributed by atoms with Gasteiger partial charge in [0.15, 0.2) is 5.82 Å². The summed E-state index contributed by atoms with van der Waals surface area (Å²) in [6.07, 6.45) is 5.69. The Morgan fingerprint density at radius 3 is 2.74 bits per heavy atom. The number of aromatic nitrogens is 5. The molecule has 182 valence electrons. The molecule has 4 aromatic rings. The fraction of sp³-hybridized carbons (Fsp3) is 0.273. The Kier molecular flexibility index (Phi) is 6.21. The number of thiazole rings is 1. The van der Waals surface area contributed by atoms with Gasteiger partial charge in [0.25, 0.3) is 10.0 Å². The molecule has 1 aliphatic heterocycles. The van der Waals surface area contributed by atoms with Gasteiger partial charge in [-0.1, -0.05) is 6.07 Å². The first-order valence-corrected chi connectivity index (χ1v) is 13.1. The van der Waals surface area contributed by atoms with Gasteiger partial charge in [0.1, 0.15) is 4.90 Å². The van der Waals surface area contributed by atoms with E-state index in [1.165, 1.54) is 40.7 Å². The molecule has 0 atom stereocenters. The van der Waals surface area contributed by atoms with Crippen molar-refractivity contribution in [2.75, 3.05) is 23.7 Å². The van der Waals surface area contributed by atoms with Gasteiger partial charge >= 0.3 is 0 Å². The highest BCUT2D eigenvalue weighted by Crippen LogP contribution is 2.42. The number of anilines is 2. The van der Waals surface area contributed by atoms with Crippen LogP contribution in [0.25, 0.3) is 21.8 Å². The normalized spacial score (nSPS) is 14.8. The first-order valence-electron chi connectivity index (χ1n) is 10.8. The number of halogens is 1. The molecule has 1 aromatic carbocycles. The number of benzene rings is 1. The van der Waals surface area contributed by atoms with Crippen molar-refractivity contribution < 1.29 is 17.5 Å². The largest absolute Gasteiger partial charge is 0.381 e. The summed E-state index contributed by atoms with van der Waals surface area (Å²) in [6, 6.07) is 6.19. The van der Waals surface area contributed by atoms with Crippen LogP contribution in [0.1, 0.15) is 23.8 Å². The second kappa shape index (κ2) is 9.32. The smallest absolute Gasteiger partial charge is 0.265 e. The predicted octanol–water partition coefficient (Wildman–Crippen LogP) is 3.42. The molecule has 5 rings (SSSR count). The van der Waals surface area contributed by atoms with Crippen molar-refractivity contribution in [1.82, 2.24) is 24.7 Å². The van der Waals surface area contributed by atoms with E-state index in [1.807, 2.05) is 0 Å². The van der Waals surface area contributed by atoms with E-state index >= 15 is 4.39 Å². The Hall–Kier alpha value is -3.42.